The number of carbonyl (C=O) groups is 2. The number of hydrogen-bond acceptors (Lipinski definition) is 2. The van der Waals surface area contributed by atoms with Crippen LogP contribution in [0.2, 0.25) is 0 Å². The van der Waals surface area contributed by atoms with E-state index in [9.17, 15) is 9.59 Å². The molecule has 0 aliphatic carbocycles. The predicted octanol–water partition coefficient (Wildman–Crippen LogP) is 1.70. The van der Waals surface area contributed by atoms with E-state index in [1.165, 1.54) is 0 Å². The van der Waals surface area contributed by atoms with Gasteiger partial charge < -0.3 is 10.2 Å². The lowest BCUT2D eigenvalue weighted by Crippen LogP contribution is -2.57. The summed E-state index contributed by atoms with van der Waals surface area (Å²) in [6, 6.07) is 9.43. The number of piperazine rings is 1. The van der Waals surface area contributed by atoms with Gasteiger partial charge in [-0.1, -0.05) is 50.1 Å². The second-order valence-corrected chi connectivity index (χ2v) is 4.94. The number of carbonyl (C=O) groups excluding carboxylic acids is 2. The third-order valence-corrected chi connectivity index (χ3v) is 3.34. The van der Waals surface area contributed by atoms with Crippen molar-refractivity contribution in [2.45, 2.75) is 38.8 Å². The monoisotopic (exact) mass is 260 g/mol. The summed E-state index contributed by atoms with van der Waals surface area (Å²) >= 11 is 0. The first-order valence-corrected chi connectivity index (χ1v) is 6.82. The summed E-state index contributed by atoms with van der Waals surface area (Å²) in [4.78, 5) is 25.6. The van der Waals surface area contributed by atoms with Gasteiger partial charge in [-0.25, -0.2) is 0 Å². The summed E-state index contributed by atoms with van der Waals surface area (Å²) < 4.78 is 0. The van der Waals surface area contributed by atoms with Crippen LogP contribution in [0.4, 0.5) is 0 Å². The highest BCUT2D eigenvalue weighted by Crippen LogP contribution is 2.12. The SMILES string of the molecule is CCCCC1NC(=O)CN(Cc2ccccc2)C1=O. The minimum absolute atomic E-state index is 0.0388. The Morgan fingerprint density at radius 1 is 1.26 bits per heavy atom. The Hall–Kier alpha value is -1.84. The molecule has 0 bridgehead atoms. The van der Waals surface area contributed by atoms with Gasteiger partial charge in [0.05, 0.1) is 6.54 Å². The highest BCUT2D eigenvalue weighted by molar-refractivity contribution is 5.94. The summed E-state index contributed by atoms with van der Waals surface area (Å²) in [5.41, 5.74) is 1.06. The van der Waals surface area contributed by atoms with Gasteiger partial charge in [0.1, 0.15) is 6.04 Å². The average molecular weight is 260 g/mol. The number of amides is 2. The van der Waals surface area contributed by atoms with E-state index >= 15 is 0 Å². The Bertz CT molecular complexity index is 445. The topological polar surface area (TPSA) is 49.4 Å². The smallest absolute Gasteiger partial charge is 0.245 e. The van der Waals surface area contributed by atoms with Crippen molar-refractivity contribution in [2.75, 3.05) is 6.54 Å². The Labute approximate surface area is 113 Å². The fraction of sp³-hybridized carbons (Fsp3) is 0.467. The number of unbranched alkanes of at least 4 members (excludes halogenated alkanes) is 1. The first-order chi connectivity index (χ1) is 9.20. The van der Waals surface area contributed by atoms with Gasteiger partial charge in [0.2, 0.25) is 11.8 Å². The molecule has 4 nitrogen and oxygen atoms in total. The Morgan fingerprint density at radius 3 is 2.68 bits per heavy atom. The molecule has 0 aromatic heterocycles. The van der Waals surface area contributed by atoms with Crippen LogP contribution in [0.5, 0.6) is 0 Å². The fourth-order valence-corrected chi connectivity index (χ4v) is 2.31. The largest absolute Gasteiger partial charge is 0.343 e. The van der Waals surface area contributed by atoms with Gasteiger partial charge in [0.15, 0.2) is 0 Å². The van der Waals surface area contributed by atoms with E-state index in [1.54, 1.807) is 4.90 Å². The number of nitrogens with zero attached hydrogens (tertiary/aromatic N) is 1. The predicted molar refractivity (Wildman–Crippen MR) is 73.3 cm³/mol. The molecule has 1 aromatic carbocycles. The third kappa shape index (κ3) is 3.56. The van der Waals surface area contributed by atoms with Crippen LogP contribution in [0.3, 0.4) is 0 Å². The maximum atomic E-state index is 12.3. The average Bonchev–Trinajstić information content (AvgIpc) is 2.42. The lowest BCUT2D eigenvalue weighted by molar-refractivity contribution is -0.145. The van der Waals surface area contributed by atoms with Crippen molar-refractivity contribution in [1.29, 1.82) is 0 Å². The van der Waals surface area contributed by atoms with Crippen LogP contribution >= 0.6 is 0 Å². The van der Waals surface area contributed by atoms with Gasteiger partial charge in [-0.15, -0.1) is 0 Å². The molecule has 1 aliphatic rings. The fourth-order valence-electron chi connectivity index (χ4n) is 2.31. The van der Waals surface area contributed by atoms with E-state index in [1.807, 2.05) is 30.3 Å². The second kappa shape index (κ2) is 6.36. The molecule has 1 fully saturated rings. The molecule has 1 unspecified atom stereocenters. The molecule has 2 amide bonds. The van der Waals surface area contributed by atoms with Crippen molar-refractivity contribution in [3.8, 4) is 0 Å². The maximum absolute atomic E-state index is 12.3. The first-order valence-electron chi connectivity index (χ1n) is 6.82. The lowest BCUT2D eigenvalue weighted by atomic mass is 10.1. The third-order valence-electron chi connectivity index (χ3n) is 3.34. The molecule has 0 radical (unpaired) electrons. The molecule has 0 saturated carbocycles. The zero-order valence-electron chi connectivity index (χ0n) is 11.3. The Balaban J connectivity index is 2.03. The van der Waals surface area contributed by atoms with Gasteiger partial charge in [-0.2, -0.15) is 0 Å². The molecule has 2 rings (SSSR count). The zero-order chi connectivity index (χ0) is 13.7. The van der Waals surface area contributed by atoms with Gasteiger partial charge in [-0.05, 0) is 12.0 Å². The highest BCUT2D eigenvalue weighted by Gasteiger charge is 2.31. The van der Waals surface area contributed by atoms with Crippen molar-refractivity contribution in [3.05, 3.63) is 35.9 Å². The molecular formula is C15H20N2O2. The molecule has 4 heteroatoms. The zero-order valence-corrected chi connectivity index (χ0v) is 11.3. The van der Waals surface area contributed by atoms with Crippen LogP contribution in [0.1, 0.15) is 31.7 Å². The number of benzene rings is 1. The molecule has 1 atom stereocenters. The van der Waals surface area contributed by atoms with E-state index in [2.05, 4.69) is 12.2 Å². The van der Waals surface area contributed by atoms with Crippen LogP contribution in [-0.2, 0) is 16.1 Å². The number of nitrogens with one attached hydrogen (secondary N) is 1. The first kappa shape index (κ1) is 13.6. The van der Waals surface area contributed by atoms with Crippen molar-refractivity contribution in [2.24, 2.45) is 0 Å². The number of hydrogen-bond donors (Lipinski definition) is 1. The quantitative estimate of drug-likeness (QED) is 0.876. The van der Waals surface area contributed by atoms with Gasteiger partial charge >= 0.3 is 0 Å². The minimum Gasteiger partial charge on any atom is -0.343 e. The molecule has 0 spiro atoms. The summed E-state index contributed by atoms with van der Waals surface area (Å²) in [6.07, 6.45) is 2.71. The van der Waals surface area contributed by atoms with Crippen LogP contribution < -0.4 is 5.32 Å². The van der Waals surface area contributed by atoms with Gasteiger partial charge in [0.25, 0.3) is 0 Å². The summed E-state index contributed by atoms with van der Waals surface area (Å²) in [6.45, 7) is 2.75. The van der Waals surface area contributed by atoms with Crippen LogP contribution in [0.25, 0.3) is 0 Å². The molecule has 1 saturated heterocycles. The van der Waals surface area contributed by atoms with Crippen molar-refractivity contribution < 1.29 is 9.59 Å². The standard InChI is InChI=1S/C15H20N2O2/c1-2-3-9-13-15(19)17(11-14(18)16-13)10-12-7-5-4-6-8-12/h4-8,13H,2-3,9-11H2,1H3,(H,16,18). The van der Waals surface area contributed by atoms with E-state index in [0.717, 1.165) is 24.8 Å². The molecular weight excluding hydrogens is 240 g/mol. The molecule has 1 aromatic rings. The lowest BCUT2D eigenvalue weighted by Gasteiger charge is -2.32. The summed E-state index contributed by atoms with van der Waals surface area (Å²) in [5, 5.41) is 2.79. The van der Waals surface area contributed by atoms with E-state index in [0.29, 0.717) is 6.54 Å². The molecule has 102 valence electrons. The maximum Gasteiger partial charge on any atom is 0.245 e. The van der Waals surface area contributed by atoms with E-state index in [4.69, 9.17) is 0 Å². The Morgan fingerprint density at radius 2 is 2.00 bits per heavy atom. The highest BCUT2D eigenvalue weighted by atomic mass is 16.2. The molecule has 1 aliphatic heterocycles. The minimum atomic E-state index is -0.343. The van der Waals surface area contributed by atoms with E-state index < -0.39 is 0 Å². The van der Waals surface area contributed by atoms with Crippen molar-refractivity contribution in [1.82, 2.24) is 10.2 Å². The van der Waals surface area contributed by atoms with Gasteiger partial charge in [-0.3, -0.25) is 9.59 Å². The van der Waals surface area contributed by atoms with Crippen molar-refractivity contribution in [3.63, 3.8) is 0 Å². The Kier molecular flexibility index (Phi) is 4.55. The van der Waals surface area contributed by atoms with Crippen LogP contribution in [0.15, 0.2) is 30.3 Å². The normalized spacial score (nSPS) is 19.4. The van der Waals surface area contributed by atoms with Crippen molar-refractivity contribution >= 4 is 11.8 Å². The number of rotatable bonds is 5. The second-order valence-electron chi connectivity index (χ2n) is 4.94. The molecule has 1 heterocycles. The molecule has 1 N–H and O–H groups in total. The van der Waals surface area contributed by atoms with Crippen LogP contribution in [0, 0.1) is 0 Å². The summed E-state index contributed by atoms with van der Waals surface area (Å²) in [7, 11) is 0. The summed E-state index contributed by atoms with van der Waals surface area (Å²) in [5.74, 6) is -0.0199. The van der Waals surface area contributed by atoms with Gasteiger partial charge in [0, 0.05) is 6.54 Å². The van der Waals surface area contributed by atoms with E-state index in [-0.39, 0.29) is 24.4 Å². The van der Waals surface area contributed by atoms with Crippen LogP contribution in [-0.4, -0.2) is 29.3 Å². The molecule has 19 heavy (non-hydrogen) atoms.